The molecule has 2 heterocycles. The third kappa shape index (κ3) is 4.87. The van der Waals surface area contributed by atoms with Crippen molar-refractivity contribution in [3.05, 3.63) is 47.7 Å². The molecule has 1 aliphatic heterocycles. The Morgan fingerprint density at radius 3 is 2.63 bits per heavy atom. The smallest absolute Gasteiger partial charge is 0.417 e. The van der Waals surface area contributed by atoms with Gasteiger partial charge in [-0.2, -0.15) is 13.2 Å². The molecule has 1 aromatic heterocycles. The Morgan fingerprint density at radius 2 is 1.97 bits per heavy atom. The van der Waals surface area contributed by atoms with E-state index in [2.05, 4.69) is 4.90 Å². The lowest BCUT2D eigenvalue weighted by Gasteiger charge is -2.26. The van der Waals surface area contributed by atoms with E-state index in [-0.39, 0.29) is 17.2 Å². The van der Waals surface area contributed by atoms with Crippen LogP contribution in [0.4, 0.5) is 13.2 Å². The largest absolute Gasteiger partial charge is 0.460 e. The molecule has 1 aromatic carbocycles. The van der Waals surface area contributed by atoms with Gasteiger partial charge in [0, 0.05) is 37.7 Å². The molecule has 1 saturated heterocycles. The van der Waals surface area contributed by atoms with Crippen LogP contribution in [0.15, 0.2) is 40.8 Å². The van der Waals surface area contributed by atoms with Crippen molar-refractivity contribution in [1.29, 1.82) is 0 Å². The molecule has 30 heavy (non-hydrogen) atoms. The summed E-state index contributed by atoms with van der Waals surface area (Å²) < 4.78 is 45.7. The number of nitrogens with zero attached hydrogens (tertiary/aromatic N) is 2. The monoisotopic (exact) mass is 422 g/mol. The molecule has 5 nitrogen and oxygen atoms in total. The van der Waals surface area contributed by atoms with Crippen molar-refractivity contribution < 1.29 is 27.5 Å². The van der Waals surface area contributed by atoms with Crippen LogP contribution in [-0.4, -0.2) is 52.6 Å². The summed E-state index contributed by atoms with van der Waals surface area (Å²) >= 11 is 0. The SMILES string of the molecule is O=C1CCCN1CC(O)CN(Cc1ccc(-c2ccccc2C(F)(F)F)o1)C1CC1. The van der Waals surface area contributed by atoms with Crippen molar-refractivity contribution >= 4 is 5.91 Å². The quantitative estimate of drug-likeness (QED) is 0.701. The van der Waals surface area contributed by atoms with Crippen LogP contribution >= 0.6 is 0 Å². The molecular formula is C22H25F3N2O3. The molecular weight excluding hydrogens is 397 g/mol. The molecule has 1 amide bonds. The van der Waals surface area contributed by atoms with Gasteiger partial charge < -0.3 is 14.4 Å². The zero-order chi connectivity index (χ0) is 21.3. The second-order valence-corrected chi connectivity index (χ2v) is 8.07. The Kier molecular flexibility index (Phi) is 5.88. The first-order valence-corrected chi connectivity index (χ1v) is 10.3. The van der Waals surface area contributed by atoms with Gasteiger partial charge >= 0.3 is 6.18 Å². The maximum atomic E-state index is 13.3. The number of halogens is 3. The lowest BCUT2D eigenvalue weighted by Crippen LogP contribution is -2.41. The van der Waals surface area contributed by atoms with Gasteiger partial charge in [-0.05, 0) is 37.5 Å². The van der Waals surface area contributed by atoms with Crippen molar-refractivity contribution in [3.63, 3.8) is 0 Å². The molecule has 1 unspecified atom stereocenters. The number of alkyl halides is 3. The third-order valence-electron chi connectivity index (χ3n) is 5.63. The highest BCUT2D eigenvalue weighted by Gasteiger charge is 2.35. The fraction of sp³-hybridized carbons (Fsp3) is 0.500. The van der Waals surface area contributed by atoms with E-state index in [4.69, 9.17) is 4.42 Å². The number of carbonyl (C=O) groups is 1. The number of furan rings is 1. The van der Waals surface area contributed by atoms with E-state index in [0.717, 1.165) is 25.3 Å². The standard InChI is InChI=1S/C22H25F3N2O3/c23-22(24,25)19-5-2-1-4-18(19)20-10-9-17(30-20)14-27(15-7-8-15)13-16(28)12-26-11-3-6-21(26)29/h1-2,4-5,9-10,15-16,28H,3,6-8,11-14H2. The fourth-order valence-corrected chi connectivity index (χ4v) is 4.02. The van der Waals surface area contributed by atoms with Crippen LogP contribution in [0.1, 0.15) is 37.0 Å². The number of aliphatic hydroxyl groups is 1. The molecule has 162 valence electrons. The van der Waals surface area contributed by atoms with Crippen LogP contribution in [0.3, 0.4) is 0 Å². The highest BCUT2D eigenvalue weighted by atomic mass is 19.4. The summed E-state index contributed by atoms with van der Waals surface area (Å²) in [6.07, 6.45) is -1.74. The number of aliphatic hydroxyl groups excluding tert-OH is 1. The zero-order valence-electron chi connectivity index (χ0n) is 16.6. The Balaban J connectivity index is 1.43. The van der Waals surface area contributed by atoms with Gasteiger partial charge in [0.1, 0.15) is 11.5 Å². The van der Waals surface area contributed by atoms with Crippen molar-refractivity contribution in [2.24, 2.45) is 0 Å². The van der Waals surface area contributed by atoms with Crippen LogP contribution in [0.2, 0.25) is 0 Å². The van der Waals surface area contributed by atoms with Crippen LogP contribution in [0.5, 0.6) is 0 Å². The topological polar surface area (TPSA) is 56.9 Å². The van der Waals surface area contributed by atoms with Gasteiger partial charge in [0.2, 0.25) is 5.91 Å². The molecule has 1 aliphatic carbocycles. The van der Waals surface area contributed by atoms with Gasteiger partial charge in [0.25, 0.3) is 0 Å². The summed E-state index contributed by atoms with van der Waals surface area (Å²) in [7, 11) is 0. The van der Waals surface area contributed by atoms with Crippen LogP contribution < -0.4 is 0 Å². The van der Waals surface area contributed by atoms with Crippen molar-refractivity contribution in [1.82, 2.24) is 9.80 Å². The number of amides is 1. The summed E-state index contributed by atoms with van der Waals surface area (Å²) in [4.78, 5) is 15.6. The molecule has 1 saturated carbocycles. The Labute approximate surface area is 173 Å². The predicted molar refractivity (Wildman–Crippen MR) is 104 cm³/mol. The van der Waals surface area contributed by atoms with Gasteiger partial charge in [-0.25, -0.2) is 0 Å². The molecule has 8 heteroatoms. The van der Waals surface area contributed by atoms with Gasteiger partial charge in [-0.3, -0.25) is 9.69 Å². The van der Waals surface area contributed by atoms with Gasteiger partial charge in [-0.15, -0.1) is 0 Å². The van der Waals surface area contributed by atoms with E-state index < -0.39 is 17.8 Å². The molecule has 2 aromatic rings. The van der Waals surface area contributed by atoms with Crippen LogP contribution in [-0.2, 0) is 17.5 Å². The van der Waals surface area contributed by atoms with Crippen molar-refractivity contribution in [2.45, 2.75) is 50.6 Å². The average Bonchev–Trinajstić information content (AvgIpc) is 3.32. The maximum Gasteiger partial charge on any atom is 0.417 e. The minimum atomic E-state index is -4.46. The van der Waals surface area contributed by atoms with E-state index in [1.54, 1.807) is 23.1 Å². The lowest BCUT2D eigenvalue weighted by molar-refractivity contribution is -0.137. The van der Waals surface area contributed by atoms with Gasteiger partial charge in [-0.1, -0.05) is 18.2 Å². The molecule has 0 bridgehead atoms. The Bertz CT molecular complexity index is 892. The number of carbonyl (C=O) groups excluding carboxylic acids is 1. The summed E-state index contributed by atoms with van der Waals surface area (Å²) in [6, 6.07) is 8.94. The Hall–Kier alpha value is -2.32. The summed E-state index contributed by atoms with van der Waals surface area (Å²) in [6.45, 7) is 1.79. The first-order chi connectivity index (χ1) is 14.3. The average molecular weight is 422 g/mol. The first kappa shape index (κ1) is 20.9. The number of hydrogen-bond acceptors (Lipinski definition) is 4. The second kappa shape index (κ2) is 8.43. The minimum absolute atomic E-state index is 0.0156. The number of rotatable bonds is 8. The fourth-order valence-electron chi connectivity index (χ4n) is 4.02. The normalized spacial score (nSPS) is 18.4. The summed E-state index contributed by atoms with van der Waals surface area (Å²) in [5.74, 6) is 0.807. The second-order valence-electron chi connectivity index (χ2n) is 8.07. The Morgan fingerprint density at radius 1 is 1.20 bits per heavy atom. The number of β-amino-alcohol motifs (C(OH)–C–C–N with tert-alkyl or cyclic N) is 1. The molecule has 1 atom stereocenters. The summed E-state index contributed by atoms with van der Waals surface area (Å²) in [5.41, 5.74) is -0.711. The molecule has 2 fully saturated rings. The molecule has 4 rings (SSSR count). The maximum absolute atomic E-state index is 13.3. The molecule has 2 aliphatic rings. The van der Waals surface area contributed by atoms with Gasteiger partial charge in [0.05, 0.1) is 18.2 Å². The molecule has 0 radical (unpaired) electrons. The predicted octanol–water partition coefficient (Wildman–Crippen LogP) is 3.91. The highest BCUT2D eigenvalue weighted by molar-refractivity contribution is 5.78. The number of benzene rings is 1. The first-order valence-electron chi connectivity index (χ1n) is 10.3. The van der Waals surface area contributed by atoms with Crippen molar-refractivity contribution in [2.75, 3.05) is 19.6 Å². The van der Waals surface area contributed by atoms with Crippen LogP contribution in [0.25, 0.3) is 11.3 Å². The van der Waals surface area contributed by atoms with E-state index in [1.165, 1.54) is 12.1 Å². The van der Waals surface area contributed by atoms with Crippen molar-refractivity contribution in [3.8, 4) is 11.3 Å². The van der Waals surface area contributed by atoms with E-state index in [9.17, 15) is 23.1 Å². The van der Waals surface area contributed by atoms with Crippen LogP contribution in [0, 0.1) is 0 Å². The summed E-state index contributed by atoms with van der Waals surface area (Å²) in [5, 5.41) is 10.5. The minimum Gasteiger partial charge on any atom is -0.460 e. The lowest BCUT2D eigenvalue weighted by atomic mass is 10.1. The molecule has 1 N–H and O–H groups in total. The zero-order valence-corrected chi connectivity index (χ0v) is 16.6. The van der Waals surface area contributed by atoms with E-state index >= 15 is 0 Å². The van der Waals surface area contributed by atoms with E-state index in [0.29, 0.717) is 44.4 Å². The molecule has 0 spiro atoms. The highest BCUT2D eigenvalue weighted by Crippen LogP contribution is 2.38. The number of hydrogen-bond donors (Lipinski definition) is 1. The van der Waals surface area contributed by atoms with Gasteiger partial charge in [0.15, 0.2) is 0 Å². The third-order valence-corrected chi connectivity index (χ3v) is 5.63. The van der Waals surface area contributed by atoms with E-state index in [1.807, 2.05) is 0 Å². The number of likely N-dealkylation sites (tertiary alicyclic amines) is 1.